The molecule has 1 aliphatic carbocycles. The zero-order chi connectivity index (χ0) is 11.8. The van der Waals surface area contributed by atoms with Crippen LogP contribution in [0, 0.1) is 11.8 Å². The minimum atomic E-state index is 0.828. The summed E-state index contributed by atoms with van der Waals surface area (Å²) < 4.78 is 0. The van der Waals surface area contributed by atoms with E-state index in [4.69, 9.17) is 5.73 Å². The topological polar surface area (TPSA) is 38.0 Å². The molecule has 0 aromatic rings. The van der Waals surface area contributed by atoms with Crippen molar-refractivity contribution in [1.29, 1.82) is 0 Å². The van der Waals surface area contributed by atoms with Gasteiger partial charge in [0.05, 0.1) is 0 Å². The van der Waals surface area contributed by atoms with Gasteiger partial charge in [0.2, 0.25) is 0 Å². The van der Waals surface area contributed by atoms with Gasteiger partial charge in [0.25, 0.3) is 0 Å². The second kappa shape index (κ2) is 8.08. The molecular formula is C14H30N2. The van der Waals surface area contributed by atoms with Gasteiger partial charge in [0.1, 0.15) is 0 Å². The Labute approximate surface area is 101 Å². The van der Waals surface area contributed by atoms with Crippen LogP contribution in [-0.2, 0) is 0 Å². The first-order valence-electron chi connectivity index (χ1n) is 7.19. The van der Waals surface area contributed by atoms with Gasteiger partial charge in [-0.25, -0.2) is 0 Å². The third kappa shape index (κ3) is 5.31. The van der Waals surface area contributed by atoms with Crippen molar-refractivity contribution in [3.63, 3.8) is 0 Å². The largest absolute Gasteiger partial charge is 0.330 e. The molecule has 2 heteroatoms. The van der Waals surface area contributed by atoms with Crippen LogP contribution in [0.2, 0.25) is 0 Å². The Morgan fingerprint density at radius 3 is 2.56 bits per heavy atom. The third-order valence-electron chi connectivity index (χ3n) is 3.87. The first-order valence-corrected chi connectivity index (χ1v) is 7.19. The monoisotopic (exact) mass is 226 g/mol. The summed E-state index contributed by atoms with van der Waals surface area (Å²) in [6, 6.07) is 0.828. The SMILES string of the molecule is CCCC(CCN)CCCNC1CC(C)C1. The second-order valence-electron chi connectivity index (χ2n) is 5.60. The number of nitrogens with two attached hydrogens (primary N) is 1. The zero-order valence-electron chi connectivity index (χ0n) is 11.2. The summed E-state index contributed by atoms with van der Waals surface area (Å²) in [5.41, 5.74) is 5.64. The van der Waals surface area contributed by atoms with Crippen molar-refractivity contribution in [1.82, 2.24) is 5.32 Å². The summed E-state index contributed by atoms with van der Waals surface area (Å²) in [4.78, 5) is 0. The molecule has 1 unspecified atom stereocenters. The molecule has 2 nitrogen and oxygen atoms in total. The molecule has 0 radical (unpaired) electrons. The second-order valence-corrected chi connectivity index (χ2v) is 5.60. The standard InChI is InChI=1S/C14H30N2/c1-3-5-13(7-8-15)6-4-9-16-14-10-12(2)11-14/h12-14,16H,3-11,15H2,1-2H3. The van der Waals surface area contributed by atoms with Crippen molar-refractivity contribution < 1.29 is 0 Å². The van der Waals surface area contributed by atoms with Crippen molar-refractivity contribution in [2.75, 3.05) is 13.1 Å². The predicted octanol–water partition coefficient (Wildman–Crippen LogP) is 2.92. The molecule has 0 saturated heterocycles. The molecule has 1 saturated carbocycles. The van der Waals surface area contributed by atoms with Crippen LogP contribution >= 0.6 is 0 Å². The van der Waals surface area contributed by atoms with E-state index >= 15 is 0 Å². The fourth-order valence-electron chi connectivity index (χ4n) is 2.84. The van der Waals surface area contributed by atoms with Crippen molar-refractivity contribution in [2.45, 2.75) is 64.8 Å². The highest BCUT2D eigenvalue weighted by Gasteiger charge is 2.24. The summed E-state index contributed by atoms with van der Waals surface area (Å²) in [5, 5.41) is 3.66. The highest BCUT2D eigenvalue weighted by molar-refractivity contribution is 4.82. The maximum Gasteiger partial charge on any atom is 0.00721 e. The number of hydrogen-bond acceptors (Lipinski definition) is 2. The van der Waals surface area contributed by atoms with E-state index in [1.165, 1.54) is 51.5 Å². The van der Waals surface area contributed by atoms with Crippen molar-refractivity contribution >= 4 is 0 Å². The lowest BCUT2D eigenvalue weighted by Gasteiger charge is -2.33. The molecule has 0 aliphatic heterocycles. The molecule has 0 spiro atoms. The van der Waals surface area contributed by atoms with Crippen LogP contribution in [-0.4, -0.2) is 19.1 Å². The number of hydrogen-bond donors (Lipinski definition) is 2. The molecule has 0 amide bonds. The molecule has 0 aromatic heterocycles. The smallest absolute Gasteiger partial charge is 0.00721 e. The van der Waals surface area contributed by atoms with Gasteiger partial charge in [-0.2, -0.15) is 0 Å². The van der Waals surface area contributed by atoms with Crippen LogP contribution in [0.1, 0.15) is 58.8 Å². The highest BCUT2D eigenvalue weighted by atomic mass is 14.9. The molecule has 3 N–H and O–H groups in total. The van der Waals surface area contributed by atoms with Crippen LogP contribution in [0.4, 0.5) is 0 Å². The predicted molar refractivity (Wildman–Crippen MR) is 71.5 cm³/mol. The lowest BCUT2D eigenvalue weighted by Crippen LogP contribution is -2.40. The Morgan fingerprint density at radius 1 is 1.25 bits per heavy atom. The van der Waals surface area contributed by atoms with Gasteiger partial charge in [0, 0.05) is 6.04 Å². The van der Waals surface area contributed by atoms with Gasteiger partial charge >= 0.3 is 0 Å². The molecule has 1 rings (SSSR count). The lowest BCUT2D eigenvalue weighted by atomic mass is 9.82. The van der Waals surface area contributed by atoms with Gasteiger partial charge in [-0.15, -0.1) is 0 Å². The number of rotatable bonds is 9. The van der Waals surface area contributed by atoms with E-state index in [0.717, 1.165) is 24.4 Å². The molecule has 0 bridgehead atoms. The molecule has 96 valence electrons. The summed E-state index contributed by atoms with van der Waals surface area (Å²) >= 11 is 0. The van der Waals surface area contributed by atoms with Gasteiger partial charge in [-0.1, -0.05) is 26.7 Å². The van der Waals surface area contributed by atoms with Crippen molar-refractivity contribution in [3.8, 4) is 0 Å². The van der Waals surface area contributed by atoms with Crippen LogP contribution in [0.3, 0.4) is 0 Å². The molecular weight excluding hydrogens is 196 g/mol. The maximum atomic E-state index is 5.64. The van der Waals surface area contributed by atoms with Crippen molar-refractivity contribution in [2.24, 2.45) is 17.6 Å². The molecule has 0 aromatic carbocycles. The first kappa shape index (κ1) is 14.0. The Bertz CT molecular complexity index is 158. The third-order valence-corrected chi connectivity index (χ3v) is 3.87. The fraction of sp³-hybridized carbons (Fsp3) is 1.00. The molecule has 1 atom stereocenters. The minimum Gasteiger partial charge on any atom is -0.330 e. The van der Waals surface area contributed by atoms with Gasteiger partial charge in [-0.3, -0.25) is 0 Å². The van der Waals surface area contributed by atoms with Crippen LogP contribution in [0.5, 0.6) is 0 Å². The molecule has 16 heavy (non-hydrogen) atoms. The van der Waals surface area contributed by atoms with Crippen molar-refractivity contribution in [3.05, 3.63) is 0 Å². The normalized spacial score (nSPS) is 26.4. The molecule has 1 fully saturated rings. The van der Waals surface area contributed by atoms with Crippen LogP contribution in [0.25, 0.3) is 0 Å². The fourth-order valence-corrected chi connectivity index (χ4v) is 2.84. The lowest BCUT2D eigenvalue weighted by molar-refractivity contribution is 0.239. The average molecular weight is 226 g/mol. The summed E-state index contributed by atoms with van der Waals surface area (Å²) in [6.07, 6.45) is 9.35. The van der Waals surface area contributed by atoms with E-state index < -0.39 is 0 Å². The summed E-state index contributed by atoms with van der Waals surface area (Å²) in [5.74, 6) is 1.83. The Kier molecular flexibility index (Phi) is 7.06. The first-order chi connectivity index (χ1) is 7.76. The molecule has 0 heterocycles. The van der Waals surface area contributed by atoms with Crippen LogP contribution in [0.15, 0.2) is 0 Å². The van der Waals surface area contributed by atoms with E-state index in [9.17, 15) is 0 Å². The van der Waals surface area contributed by atoms with Gasteiger partial charge in [-0.05, 0) is 57.0 Å². The van der Waals surface area contributed by atoms with E-state index in [1.54, 1.807) is 0 Å². The Hall–Kier alpha value is -0.0800. The Morgan fingerprint density at radius 2 is 2.00 bits per heavy atom. The summed E-state index contributed by atoms with van der Waals surface area (Å²) in [7, 11) is 0. The molecule has 1 aliphatic rings. The van der Waals surface area contributed by atoms with E-state index in [1.807, 2.05) is 0 Å². The highest BCUT2D eigenvalue weighted by Crippen LogP contribution is 2.26. The van der Waals surface area contributed by atoms with E-state index in [-0.39, 0.29) is 0 Å². The van der Waals surface area contributed by atoms with Gasteiger partial charge in [0.15, 0.2) is 0 Å². The zero-order valence-corrected chi connectivity index (χ0v) is 11.2. The maximum absolute atomic E-state index is 5.64. The summed E-state index contributed by atoms with van der Waals surface area (Å²) in [6.45, 7) is 6.69. The van der Waals surface area contributed by atoms with E-state index in [2.05, 4.69) is 19.2 Å². The van der Waals surface area contributed by atoms with Gasteiger partial charge < -0.3 is 11.1 Å². The minimum absolute atomic E-state index is 0.828. The number of nitrogens with one attached hydrogen (secondary N) is 1. The Balaban J connectivity index is 1.95. The quantitative estimate of drug-likeness (QED) is 0.593. The average Bonchev–Trinajstić information content (AvgIpc) is 2.21. The van der Waals surface area contributed by atoms with E-state index in [0.29, 0.717) is 0 Å². The van der Waals surface area contributed by atoms with Crippen LogP contribution < -0.4 is 11.1 Å².